The number of benzene rings is 1. The standard InChI is InChI=1S/C24H31N3O2.C4H4O4/c1-26-18-11-12-19(26)14-16(13-18)25-24(29)21-15-27(17-7-3-2-4-8-17)22-10-6-5-9-20(22)23(21)28;5-3(6)1-2-4(7)8/h5-6,9-10,15-19H,2-4,7-8,11-14H2,1H3,(H,25,29);1-2H,(H,5,6)(H,7,8)/t16?,18-,19+;. The van der Waals surface area contributed by atoms with Crippen LogP contribution >= 0.6 is 0 Å². The number of para-hydroxylation sites is 1. The van der Waals surface area contributed by atoms with Gasteiger partial charge in [0.15, 0.2) is 0 Å². The Bertz CT molecular complexity index is 1220. The Hall–Kier alpha value is -3.46. The number of pyridine rings is 1. The van der Waals surface area contributed by atoms with E-state index in [0.717, 1.165) is 31.2 Å². The number of carbonyl (C=O) groups excluding carboxylic acids is 1. The highest BCUT2D eigenvalue weighted by atomic mass is 16.4. The number of rotatable bonds is 5. The predicted octanol–water partition coefficient (Wildman–Crippen LogP) is 3.57. The van der Waals surface area contributed by atoms with Crippen LogP contribution < -0.4 is 10.7 Å². The second-order valence-corrected chi connectivity index (χ2v) is 10.3. The van der Waals surface area contributed by atoms with Gasteiger partial charge in [-0.1, -0.05) is 31.4 Å². The molecule has 2 aliphatic heterocycles. The van der Waals surface area contributed by atoms with Crippen molar-refractivity contribution in [2.45, 2.75) is 82.0 Å². The number of aromatic nitrogens is 1. The molecule has 1 aliphatic carbocycles. The summed E-state index contributed by atoms with van der Waals surface area (Å²) in [6.07, 6.45) is 13.3. The Morgan fingerprint density at radius 1 is 0.892 bits per heavy atom. The topological polar surface area (TPSA) is 129 Å². The van der Waals surface area contributed by atoms with Crippen LogP contribution in [0.15, 0.2) is 47.4 Å². The first-order chi connectivity index (χ1) is 17.7. The number of piperidine rings is 1. The maximum Gasteiger partial charge on any atom is 0.328 e. The second kappa shape index (κ2) is 11.7. The summed E-state index contributed by atoms with van der Waals surface area (Å²) in [5, 5.41) is 19.5. The molecule has 0 radical (unpaired) electrons. The average molecular weight is 510 g/mol. The zero-order valence-electron chi connectivity index (χ0n) is 21.1. The average Bonchev–Trinajstić information content (AvgIpc) is 3.09. The Balaban J connectivity index is 0.000000349. The van der Waals surface area contributed by atoms with Gasteiger partial charge in [-0.25, -0.2) is 9.59 Å². The fourth-order valence-electron chi connectivity index (χ4n) is 6.06. The van der Waals surface area contributed by atoms with Crippen molar-refractivity contribution in [3.8, 4) is 0 Å². The molecule has 1 unspecified atom stereocenters. The summed E-state index contributed by atoms with van der Waals surface area (Å²) >= 11 is 0. The van der Waals surface area contributed by atoms with Gasteiger partial charge < -0.3 is 25.0 Å². The predicted molar refractivity (Wildman–Crippen MR) is 140 cm³/mol. The van der Waals surface area contributed by atoms with Crippen molar-refractivity contribution in [2.24, 2.45) is 0 Å². The van der Waals surface area contributed by atoms with Crippen LogP contribution in [-0.2, 0) is 9.59 Å². The van der Waals surface area contributed by atoms with Crippen molar-refractivity contribution in [1.29, 1.82) is 0 Å². The molecule has 9 heteroatoms. The molecule has 3 atom stereocenters. The van der Waals surface area contributed by atoms with Gasteiger partial charge in [0.25, 0.3) is 5.91 Å². The minimum Gasteiger partial charge on any atom is -0.478 e. The first-order valence-corrected chi connectivity index (χ1v) is 13.0. The lowest BCUT2D eigenvalue weighted by molar-refractivity contribution is -0.134. The molecule has 0 spiro atoms. The van der Waals surface area contributed by atoms with Crippen LogP contribution in [0.2, 0.25) is 0 Å². The van der Waals surface area contributed by atoms with E-state index in [9.17, 15) is 19.2 Å². The van der Waals surface area contributed by atoms with Crippen molar-refractivity contribution in [1.82, 2.24) is 14.8 Å². The molecule has 1 aromatic heterocycles. The normalized spacial score (nSPS) is 24.0. The largest absolute Gasteiger partial charge is 0.478 e. The number of fused-ring (bicyclic) bond motifs is 3. The number of aliphatic carboxylic acids is 2. The quantitative estimate of drug-likeness (QED) is 0.526. The van der Waals surface area contributed by atoms with Gasteiger partial charge in [-0.15, -0.1) is 0 Å². The molecule has 3 fully saturated rings. The van der Waals surface area contributed by atoms with E-state index >= 15 is 0 Å². The fourth-order valence-corrected chi connectivity index (χ4v) is 6.06. The summed E-state index contributed by atoms with van der Waals surface area (Å²) in [6.45, 7) is 0. The van der Waals surface area contributed by atoms with Gasteiger partial charge in [0.05, 0.1) is 5.52 Å². The van der Waals surface area contributed by atoms with E-state index in [2.05, 4.69) is 21.8 Å². The van der Waals surface area contributed by atoms with Crippen LogP contribution in [0, 0.1) is 0 Å². The molecule has 3 aliphatic rings. The molecule has 3 N–H and O–H groups in total. The van der Waals surface area contributed by atoms with Gasteiger partial charge in [-0.05, 0) is 57.7 Å². The lowest BCUT2D eigenvalue weighted by Gasteiger charge is -2.36. The first-order valence-electron chi connectivity index (χ1n) is 13.0. The first kappa shape index (κ1) is 26.6. The molecule has 2 saturated heterocycles. The third-order valence-electron chi connectivity index (χ3n) is 7.95. The van der Waals surface area contributed by atoms with Gasteiger partial charge in [0, 0.05) is 47.9 Å². The number of carbonyl (C=O) groups is 3. The number of nitrogens with zero attached hydrogens (tertiary/aromatic N) is 2. The van der Waals surface area contributed by atoms with Crippen LogP contribution in [0.5, 0.6) is 0 Å². The van der Waals surface area contributed by atoms with Crippen LogP contribution in [0.1, 0.15) is 74.2 Å². The highest BCUT2D eigenvalue weighted by molar-refractivity contribution is 5.97. The molecule has 3 heterocycles. The minimum atomic E-state index is -1.26. The summed E-state index contributed by atoms with van der Waals surface area (Å²) in [7, 11) is 2.20. The molecular weight excluding hydrogens is 474 g/mol. The van der Waals surface area contributed by atoms with Gasteiger partial charge in [0.1, 0.15) is 5.56 Å². The summed E-state index contributed by atoms with van der Waals surface area (Å²) < 4.78 is 2.21. The number of carboxylic acid groups (broad SMARTS) is 2. The maximum absolute atomic E-state index is 13.2. The van der Waals surface area contributed by atoms with E-state index in [-0.39, 0.29) is 17.4 Å². The number of amides is 1. The van der Waals surface area contributed by atoms with Crippen molar-refractivity contribution in [3.63, 3.8) is 0 Å². The zero-order chi connectivity index (χ0) is 26.5. The Kier molecular flexibility index (Phi) is 8.43. The summed E-state index contributed by atoms with van der Waals surface area (Å²) in [5.74, 6) is -2.71. The molecule has 2 aromatic rings. The highest BCUT2D eigenvalue weighted by Gasteiger charge is 2.39. The lowest BCUT2D eigenvalue weighted by Crippen LogP contribution is -2.49. The summed E-state index contributed by atoms with van der Waals surface area (Å²) in [5.41, 5.74) is 1.12. The zero-order valence-corrected chi connectivity index (χ0v) is 21.1. The lowest BCUT2D eigenvalue weighted by atomic mass is 9.94. The fraction of sp³-hybridized carbons (Fsp3) is 0.500. The monoisotopic (exact) mass is 509 g/mol. The smallest absolute Gasteiger partial charge is 0.328 e. The van der Waals surface area contributed by atoms with Crippen molar-refractivity contribution >= 4 is 28.7 Å². The van der Waals surface area contributed by atoms with Gasteiger partial charge in [0.2, 0.25) is 5.43 Å². The molecule has 37 heavy (non-hydrogen) atoms. The van der Waals surface area contributed by atoms with E-state index < -0.39 is 11.9 Å². The molecule has 2 bridgehead atoms. The van der Waals surface area contributed by atoms with E-state index in [1.54, 1.807) is 0 Å². The number of hydrogen-bond donors (Lipinski definition) is 3. The Morgan fingerprint density at radius 2 is 1.49 bits per heavy atom. The van der Waals surface area contributed by atoms with Gasteiger partial charge in [-0.3, -0.25) is 9.59 Å². The Morgan fingerprint density at radius 3 is 2.08 bits per heavy atom. The summed E-state index contributed by atoms with van der Waals surface area (Å²) in [4.78, 5) is 47.9. The van der Waals surface area contributed by atoms with Crippen molar-refractivity contribution < 1.29 is 24.6 Å². The third-order valence-corrected chi connectivity index (χ3v) is 7.95. The minimum absolute atomic E-state index is 0.138. The third kappa shape index (κ3) is 6.28. The van der Waals surface area contributed by atoms with Crippen LogP contribution in [0.25, 0.3) is 10.9 Å². The second-order valence-electron chi connectivity index (χ2n) is 10.3. The molecule has 5 rings (SSSR count). The van der Waals surface area contributed by atoms with E-state index in [4.69, 9.17) is 10.2 Å². The van der Waals surface area contributed by atoms with Crippen molar-refractivity contribution in [3.05, 3.63) is 58.4 Å². The molecule has 9 nitrogen and oxygen atoms in total. The van der Waals surface area contributed by atoms with Crippen molar-refractivity contribution in [2.75, 3.05) is 7.05 Å². The van der Waals surface area contributed by atoms with E-state index in [1.807, 2.05) is 30.5 Å². The van der Waals surface area contributed by atoms with Crippen LogP contribution in [0.3, 0.4) is 0 Å². The molecule has 1 saturated carbocycles. The summed E-state index contributed by atoms with van der Waals surface area (Å²) in [6, 6.07) is 9.43. The number of carboxylic acids is 2. The van der Waals surface area contributed by atoms with Crippen LogP contribution in [-0.4, -0.2) is 62.7 Å². The highest BCUT2D eigenvalue weighted by Crippen LogP contribution is 2.34. The molecule has 1 aromatic carbocycles. The molecular formula is C28H35N3O6. The number of nitrogens with one attached hydrogen (secondary N) is 1. The van der Waals surface area contributed by atoms with Crippen LogP contribution in [0.4, 0.5) is 0 Å². The van der Waals surface area contributed by atoms with E-state index in [1.165, 1.54) is 32.1 Å². The number of hydrogen-bond acceptors (Lipinski definition) is 5. The van der Waals surface area contributed by atoms with Gasteiger partial charge >= 0.3 is 11.9 Å². The molecule has 198 valence electrons. The maximum atomic E-state index is 13.2. The SMILES string of the molecule is CN1[C@@H]2CC[C@H]1CC(NC(=O)c1cn(C3CCCCC3)c3ccccc3c1=O)C2.O=C(O)C=CC(=O)O. The van der Waals surface area contributed by atoms with Gasteiger partial charge in [-0.2, -0.15) is 0 Å². The van der Waals surface area contributed by atoms with E-state index in [0.29, 0.717) is 41.2 Å². The Labute approximate surface area is 215 Å². The molecule has 1 amide bonds.